The second kappa shape index (κ2) is 11.6. The maximum absolute atomic E-state index is 14.1. The highest BCUT2D eigenvalue weighted by Gasteiger charge is 2.13. The number of thiazole rings is 1. The molecule has 0 radical (unpaired) electrons. The Morgan fingerprint density at radius 2 is 2.13 bits per heavy atom. The minimum atomic E-state index is -3.95. The first-order valence-corrected chi connectivity index (χ1v) is 11.5. The fraction of sp³-hybridized carbons (Fsp3) is 0.368. The molecule has 162 valence electrons. The number of rotatable bonds is 11. The summed E-state index contributed by atoms with van der Waals surface area (Å²) in [7, 11) is -3.95. The van der Waals surface area contributed by atoms with Crippen LogP contribution < -0.4 is 10.1 Å². The van der Waals surface area contributed by atoms with Crippen LogP contribution in [0.4, 0.5) is 4.39 Å². The van der Waals surface area contributed by atoms with Crippen molar-refractivity contribution in [3.8, 4) is 17.6 Å². The Labute approximate surface area is 177 Å². The van der Waals surface area contributed by atoms with E-state index in [1.54, 1.807) is 6.07 Å². The molecule has 0 unspecified atom stereocenters. The number of carboxylic acid groups (broad SMARTS) is 1. The van der Waals surface area contributed by atoms with Crippen LogP contribution in [0.1, 0.15) is 33.8 Å². The Morgan fingerprint density at radius 1 is 1.33 bits per heavy atom. The zero-order valence-electron chi connectivity index (χ0n) is 15.9. The van der Waals surface area contributed by atoms with Crippen molar-refractivity contribution < 1.29 is 32.0 Å². The molecule has 30 heavy (non-hydrogen) atoms. The van der Waals surface area contributed by atoms with Crippen LogP contribution in [0.15, 0.2) is 23.7 Å². The molecule has 2 aromatic rings. The van der Waals surface area contributed by atoms with Gasteiger partial charge in [-0.05, 0) is 44.0 Å². The topological polar surface area (TPSA) is 126 Å². The van der Waals surface area contributed by atoms with E-state index < -0.39 is 21.9 Å². The first kappa shape index (κ1) is 23.8. The summed E-state index contributed by atoms with van der Waals surface area (Å²) in [4.78, 5) is 15.5. The van der Waals surface area contributed by atoms with Gasteiger partial charge in [0.2, 0.25) is 0 Å². The van der Waals surface area contributed by atoms with Crippen LogP contribution in [0, 0.1) is 17.7 Å². The van der Waals surface area contributed by atoms with Gasteiger partial charge < -0.3 is 15.2 Å². The van der Waals surface area contributed by atoms with Crippen molar-refractivity contribution in [3.63, 3.8) is 0 Å². The van der Waals surface area contributed by atoms with Gasteiger partial charge >= 0.3 is 5.97 Å². The Bertz CT molecular complexity index is 1030. The number of aromatic carboxylic acids is 1. The van der Waals surface area contributed by atoms with E-state index in [4.69, 9.17) is 14.4 Å². The van der Waals surface area contributed by atoms with Crippen LogP contribution in [0.3, 0.4) is 0 Å². The largest absolute Gasteiger partial charge is 0.491 e. The van der Waals surface area contributed by atoms with Crippen LogP contribution >= 0.6 is 11.3 Å². The standard InChI is InChI=1S/C19H21FN2O6S2/c20-15-12-14(4-1-8-21-9-3-11-30(25,26)27)6-7-16(15)28-10-2-5-17-18(19(23)24)22-13-29-17/h6-7,12-13,21H,2-3,5,8-11H2,(H,23,24)(H,25,26,27). The number of ether oxygens (including phenoxy) is 1. The molecule has 0 saturated heterocycles. The predicted octanol–water partition coefficient (Wildman–Crippen LogP) is 2.21. The molecule has 0 atom stereocenters. The number of aromatic nitrogens is 1. The molecule has 0 spiro atoms. The molecule has 1 aromatic heterocycles. The van der Waals surface area contributed by atoms with Crippen molar-refractivity contribution >= 4 is 27.4 Å². The molecular weight excluding hydrogens is 435 g/mol. The van der Waals surface area contributed by atoms with E-state index in [-0.39, 0.29) is 30.2 Å². The fourth-order valence-electron chi connectivity index (χ4n) is 2.41. The highest BCUT2D eigenvalue weighted by molar-refractivity contribution is 7.85. The summed E-state index contributed by atoms with van der Waals surface area (Å²) in [6.45, 7) is 0.902. The Kier molecular flexibility index (Phi) is 9.19. The number of carbonyl (C=O) groups is 1. The van der Waals surface area contributed by atoms with Gasteiger partial charge in [0.1, 0.15) is 0 Å². The van der Waals surface area contributed by atoms with E-state index in [0.717, 1.165) is 0 Å². The normalized spacial score (nSPS) is 11.0. The van der Waals surface area contributed by atoms with Crippen LogP contribution in [0.2, 0.25) is 0 Å². The lowest BCUT2D eigenvalue weighted by Gasteiger charge is -2.07. The fourth-order valence-corrected chi connectivity index (χ4v) is 3.72. The number of hydrogen-bond donors (Lipinski definition) is 3. The van der Waals surface area contributed by atoms with Gasteiger partial charge in [0.25, 0.3) is 10.1 Å². The second-order valence-electron chi connectivity index (χ2n) is 6.14. The lowest BCUT2D eigenvalue weighted by molar-refractivity contribution is 0.0690. The predicted molar refractivity (Wildman–Crippen MR) is 110 cm³/mol. The van der Waals surface area contributed by atoms with E-state index >= 15 is 0 Å². The molecule has 0 bridgehead atoms. The highest BCUT2D eigenvalue weighted by atomic mass is 32.2. The van der Waals surface area contributed by atoms with Crippen LogP contribution in [0.5, 0.6) is 5.75 Å². The average molecular weight is 457 g/mol. The lowest BCUT2D eigenvalue weighted by Crippen LogP contribution is -2.18. The van der Waals surface area contributed by atoms with Crippen molar-refractivity contribution in [2.75, 3.05) is 25.4 Å². The molecule has 8 nitrogen and oxygen atoms in total. The van der Waals surface area contributed by atoms with E-state index in [1.165, 1.54) is 29.0 Å². The van der Waals surface area contributed by atoms with E-state index in [1.807, 2.05) is 0 Å². The number of nitrogens with one attached hydrogen (secondary N) is 1. The number of nitrogens with zero attached hydrogens (tertiary/aromatic N) is 1. The average Bonchev–Trinajstić information content (AvgIpc) is 3.14. The molecule has 3 N–H and O–H groups in total. The molecule has 0 aliphatic rings. The summed E-state index contributed by atoms with van der Waals surface area (Å²) in [5, 5.41) is 11.9. The molecule has 1 aromatic carbocycles. The molecule has 11 heteroatoms. The van der Waals surface area contributed by atoms with E-state index in [2.05, 4.69) is 22.1 Å². The maximum atomic E-state index is 14.1. The minimum absolute atomic E-state index is 0.0435. The van der Waals surface area contributed by atoms with E-state index in [9.17, 15) is 17.6 Å². The quantitative estimate of drug-likeness (QED) is 0.267. The highest BCUT2D eigenvalue weighted by Crippen LogP contribution is 2.19. The summed E-state index contributed by atoms with van der Waals surface area (Å²) in [5.74, 6) is 3.74. The SMILES string of the molecule is O=C(O)c1ncsc1CCCOc1ccc(C#CCNCCCS(=O)(=O)O)cc1F. The smallest absolute Gasteiger partial charge is 0.355 e. The summed E-state index contributed by atoms with van der Waals surface area (Å²) < 4.78 is 49.3. The van der Waals surface area contributed by atoms with Crippen molar-refractivity contribution in [1.82, 2.24) is 10.3 Å². The Morgan fingerprint density at radius 3 is 2.83 bits per heavy atom. The van der Waals surface area contributed by atoms with Crippen LogP contribution in [-0.4, -0.2) is 54.5 Å². The third kappa shape index (κ3) is 8.46. The van der Waals surface area contributed by atoms with Crippen LogP contribution in [-0.2, 0) is 16.5 Å². The third-order valence-electron chi connectivity index (χ3n) is 3.78. The number of halogens is 1. The Balaban J connectivity index is 1.73. The summed E-state index contributed by atoms with van der Waals surface area (Å²) >= 11 is 1.26. The van der Waals surface area contributed by atoms with Gasteiger partial charge in [-0.25, -0.2) is 14.2 Å². The van der Waals surface area contributed by atoms with Crippen molar-refractivity contribution in [3.05, 3.63) is 45.7 Å². The van der Waals surface area contributed by atoms with Gasteiger partial charge in [0.05, 0.1) is 24.4 Å². The molecule has 0 fully saturated rings. The van der Waals surface area contributed by atoms with Crippen molar-refractivity contribution in [2.24, 2.45) is 0 Å². The van der Waals surface area contributed by atoms with Gasteiger partial charge in [0, 0.05) is 10.4 Å². The van der Waals surface area contributed by atoms with Crippen molar-refractivity contribution in [2.45, 2.75) is 19.3 Å². The molecule has 1 heterocycles. The molecular formula is C19H21FN2O6S2. The minimum Gasteiger partial charge on any atom is -0.491 e. The number of benzene rings is 1. The zero-order valence-corrected chi connectivity index (χ0v) is 17.6. The Hall–Kier alpha value is -2.52. The number of aryl methyl sites for hydroxylation is 1. The zero-order chi connectivity index (χ0) is 22.0. The van der Waals surface area contributed by atoms with Gasteiger partial charge in [-0.1, -0.05) is 11.8 Å². The first-order chi connectivity index (χ1) is 14.3. The van der Waals surface area contributed by atoms with Gasteiger partial charge in [-0.2, -0.15) is 8.42 Å². The van der Waals surface area contributed by atoms with Gasteiger partial charge in [0.15, 0.2) is 17.3 Å². The molecule has 2 rings (SSSR count). The summed E-state index contributed by atoms with van der Waals surface area (Å²) in [6, 6.07) is 4.36. The second-order valence-corrected chi connectivity index (χ2v) is 8.66. The summed E-state index contributed by atoms with van der Waals surface area (Å²) in [6.07, 6.45) is 1.27. The molecule has 0 aliphatic carbocycles. The number of hydrogen-bond acceptors (Lipinski definition) is 7. The molecule has 0 saturated carbocycles. The summed E-state index contributed by atoms with van der Waals surface area (Å²) in [5.41, 5.74) is 1.99. The van der Waals surface area contributed by atoms with E-state index in [0.29, 0.717) is 36.4 Å². The number of carboxylic acids is 1. The lowest BCUT2D eigenvalue weighted by atomic mass is 10.2. The maximum Gasteiger partial charge on any atom is 0.355 e. The third-order valence-corrected chi connectivity index (χ3v) is 5.48. The van der Waals surface area contributed by atoms with Crippen LogP contribution in [0.25, 0.3) is 0 Å². The monoisotopic (exact) mass is 456 g/mol. The first-order valence-electron chi connectivity index (χ1n) is 8.99. The van der Waals surface area contributed by atoms with Crippen molar-refractivity contribution in [1.29, 1.82) is 0 Å². The molecule has 0 amide bonds. The van der Waals surface area contributed by atoms with Gasteiger partial charge in [-0.15, -0.1) is 11.3 Å². The van der Waals surface area contributed by atoms with Gasteiger partial charge in [-0.3, -0.25) is 4.55 Å². The molecule has 0 aliphatic heterocycles.